The summed E-state index contributed by atoms with van der Waals surface area (Å²) in [6.45, 7) is 0. The summed E-state index contributed by atoms with van der Waals surface area (Å²) < 4.78 is 0. The molecule has 0 saturated heterocycles. The van der Waals surface area contributed by atoms with Gasteiger partial charge in [0.15, 0.2) is 0 Å². The molecule has 0 heterocycles. The highest BCUT2D eigenvalue weighted by Crippen LogP contribution is 2.27. The predicted molar refractivity (Wildman–Crippen MR) is 54.8 cm³/mol. The first-order valence-electron chi connectivity index (χ1n) is 4.50. The molecule has 3 nitrogen and oxygen atoms in total. The van der Waals surface area contributed by atoms with E-state index in [0.29, 0.717) is 11.3 Å². The molecule has 0 atom stereocenters. The number of aliphatic carboxylic acids is 1. The van der Waals surface area contributed by atoms with Crippen LogP contribution in [0.5, 0.6) is 0 Å². The third-order valence-corrected chi connectivity index (χ3v) is 2.41. The Bertz CT molecular complexity index is 421. The molecule has 3 heteroatoms. The predicted octanol–water partition coefficient (Wildman–Crippen LogP) is 1.68. The van der Waals surface area contributed by atoms with Gasteiger partial charge < -0.3 is 10.8 Å². The van der Waals surface area contributed by atoms with Gasteiger partial charge in [-0.2, -0.15) is 0 Å². The molecular weight excluding hydrogens is 178 g/mol. The zero-order valence-electron chi connectivity index (χ0n) is 7.66. The molecule has 14 heavy (non-hydrogen) atoms. The number of carboxylic acid groups (broad SMARTS) is 1. The van der Waals surface area contributed by atoms with Gasteiger partial charge in [0.1, 0.15) is 0 Å². The van der Waals surface area contributed by atoms with Crippen molar-refractivity contribution in [1.82, 2.24) is 0 Å². The number of anilines is 1. The Hall–Kier alpha value is -1.77. The fourth-order valence-corrected chi connectivity index (χ4v) is 1.77. The average Bonchev–Trinajstić information content (AvgIpc) is 2.16. The largest absolute Gasteiger partial charge is 0.478 e. The van der Waals surface area contributed by atoms with Crippen molar-refractivity contribution in [1.29, 1.82) is 0 Å². The summed E-state index contributed by atoms with van der Waals surface area (Å²) in [5, 5.41) is 8.95. The highest BCUT2D eigenvalue weighted by molar-refractivity contribution is 6.16. The van der Waals surface area contributed by atoms with Gasteiger partial charge in [-0.1, -0.05) is 12.1 Å². The third kappa shape index (κ3) is 1.37. The number of rotatable bonds is 1. The van der Waals surface area contributed by atoms with Gasteiger partial charge in [0.05, 0.1) is 5.57 Å². The van der Waals surface area contributed by atoms with Crippen molar-refractivity contribution < 1.29 is 9.90 Å². The van der Waals surface area contributed by atoms with Crippen molar-refractivity contribution in [2.45, 2.75) is 12.8 Å². The minimum atomic E-state index is -0.865. The summed E-state index contributed by atoms with van der Waals surface area (Å²) >= 11 is 0. The molecule has 1 aromatic carbocycles. The first-order valence-corrected chi connectivity index (χ1v) is 4.50. The molecule has 72 valence electrons. The molecule has 1 aromatic rings. The molecular formula is C11H11NO2. The number of fused-ring (bicyclic) bond motifs is 1. The lowest BCUT2D eigenvalue weighted by molar-refractivity contribution is -0.130. The standard InChI is InChI=1S/C11H11NO2/c12-8-4-5-9-7(6-8)2-1-3-10(9)11(13)14/h3-6H,1-2,12H2,(H,13,14). The van der Waals surface area contributed by atoms with E-state index >= 15 is 0 Å². The molecule has 0 unspecified atom stereocenters. The minimum absolute atomic E-state index is 0.395. The zero-order valence-corrected chi connectivity index (χ0v) is 7.66. The number of carbonyl (C=O) groups is 1. The number of hydrogen-bond acceptors (Lipinski definition) is 2. The maximum absolute atomic E-state index is 10.9. The Labute approximate surface area is 81.9 Å². The zero-order chi connectivity index (χ0) is 10.1. The smallest absolute Gasteiger partial charge is 0.335 e. The Kier molecular flexibility index (Phi) is 2.00. The second-order valence-electron chi connectivity index (χ2n) is 3.38. The maximum atomic E-state index is 10.9. The SMILES string of the molecule is Nc1ccc2c(c1)CCC=C2C(=O)O. The van der Waals surface area contributed by atoms with Crippen LogP contribution in [0.25, 0.3) is 5.57 Å². The molecule has 0 fully saturated rings. The first kappa shape index (κ1) is 8.81. The van der Waals surface area contributed by atoms with Crippen molar-refractivity contribution >= 4 is 17.2 Å². The van der Waals surface area contributed by atoms with Crippen LogP contribution >= 0.6 is 0 Å². The van der Waals surface area contributed by atoms with E-state index in [-0.39, 0.29) is 0 Å². The quantitative estimate of drug-likeness (QED) is 0.660. The molecule has 0 aliphatic heterocycles. The van der Waals surface area contributed by atoms with E-state index in [1.807, 2.05) is 6.07 Å². The number of aryl methyl sites for hydroxylation is 1. The van der Waals surface area contributed by atoms with Crippen LogP contribution in [0.1, 0.15) is 17.5 Å². The van der Waals surface area contributed by atoms with Crippen molar-refractivity contribution in [2.75, 3.05) is 5.73 Å². The molecule has 0 bridgehead atoms. The van der Waals surface area contributed by atoms with E-state index < -0.39 is 5.97 Å². The van der Waals surface area contributed by atoms with Crippen LogP contribution in [0.4, 0.5) is 5.69 Å². The van der Waals surface area contributed by atoms with Gasteiger partial charge in [-0.15, -0.1) is 0 Å². The first-order chi connectivity index (χ1) is 6.68. The number of carboxylic acids is 1. The van der Waals surface area contributed by atoms with E-state index in [1.54, 1.807) is 18.2 Å². The van der Waals surface area contributed by atoms with Crippen molar-refractivity contribution in [3.8, 4) is 0 Å². The van der Waals surface area contributed by atoms with Crippen molar-refractivity contribution in [3.63, 3.8) is 0 Å². The lowest BCUT2D eigenvalue weighted by atomic mass is 9.90. The summed E-state index contributed by atoms with van der Waals surface area (Å²) in [7, 11) is 0. The number of nitrogens with two attached hydrogens (primary N) is 1. The normalized spacial score (nSPS) is 14.4. The van der Waals surface area contributed by atoms with Crippen LogP contribution < -0.4 is 5.73 Å². The Morgan fingerprint density at radius 2 is 2.21 bits per heavy atom. The number of hydrogen-bond donors (Lipinski definition) is 2. The monoisotopic (exact) mass is 189 g/mol. The summed E-state index contributed by atoms with van der Waals surface area (Å²) in [6.07, 6.45) is 3.41. The summed E-state index contributed by atoms with van der Waals surface area (Å²) in [6, 6.07) is 5.37. The minimum Gasteiger partial charge on any atom is -0.478 e. The topological polar surface area (TPSA) is 63.3 Å². The Morgan fingerprint density at radius 3 is 2.93 bits per heavy atom. The fraction of sp³-hybridized carbons (Fsp3) is 0.182. The van der Waals surface area contributed by atoms with Gasteiger partial charge in [-0.3, -0.25) is 0 Å². The summed E-state index contributed by atoms with van der Waals surface area (Å²) in [4.78, 5) is 10.9. The molecule has 0 saturated carbocycles. The van der Waals surface area contributed by atoms with E-state index in [0.717, 1.165) is 24.0 Å². The van der Waals surface area contributed by atoms with Crippen LogP contribution in [0.2, 0.25) is 0 Å². The van der Waals surface area contributed by atoms with Gasteiger partial charge in [0, 0.05) is 5.69 Å². The Morgan fingerprint density at radius 1 is 1.43 bits per heavy atom. The second kappa shape index (κ2) is 3.18. The Balaban J connectivity index is 2.54. The van der Waals surface area contributed by atoms with E-state index in [2.05, 4.69) is 0 Å². The number of nitrogen functional groups attached to an aromatic ring is 1. The van der Waals surface area contributed by atoms with E-state index in [9.17, 15) is 4.79 Å². The van der Waals surface area contributed by atoms with Crippen molar-refractivity contribution in [3.05, 3.63) is 35.4 Å². The molecule has 3 N–H and O–H groups in total. The second-order valence-corrected chi connectivity index (χ2v) is 3.38. The molecule has 1 aliphatic rings. The summed E-state index contributed by atoms with van der Waals surface area (Å²) in [5.74, 6) is -0.865. The van der Waals surface area contributed by atoms with E-state index in [1.165, 1.54) is 0 Å². The summed E-state index contributed by atoms with van der Waals surface area (Å²) in [5.41, 5.74) is 8.56. The number of benzene rings is 1. The lowest BCUT2D eigenvalue weighted by Crippen LogP contribution is -2.07. The molecule has 0 radical (unpaired) electrons. The van der Waals surface area contributed by atoms with E-state index in [4.69, 9.17) is 10.8 Å². The van der Waals surface area contributed by atoms with Crippen LogP contribution in [-0.4, -0.2) is 11.1 Å². The van der Waals surface area contributed by atoms with Crippen molar-refractivity contribution in [2.24, 2.45) is 0 Å². The van der Waals surface area contributed by atoms with Gasteiger partial charge in [0.2, 0.25) is 0 Å². The average molecular weight is 189 g/mol. The van der Waals surface area contributed by atoms with Gasteiger partial charge in [0.25, 0.3) is 0 Å². The number of allylic oxidation sites excluding steroid dienone is 1. The van der Waals surface area contributed by atoms with Crippen LogP contribution in [-0.2, 0) is 11.2 Å². The van der Waals surface area contributed by atoms with Gasteiger partial charge >= 0.3 is 5.97 Å². The third-order valence-electron chi connectivity index (χ3n) is 2.41. The van der Waals surface area contributed by atoms with Crippen LogP contribution in [0.3, 0.4) is 0 Å². The maximum Gasteiger partial charge on any atom is 0.335 e. The molecule has 0 amide bonds. The highest BCUT2D eigenvalue weighted by atomic mass is 16.4. The fourth-order valence-electron chi connectivity index (χ4n) is 1.77. The molecule has 0 aromatic heterocycles. The molecule has 1 aliphatic carbocycles. The lowest BCUT2D eigenvalue weighted by Gasteiger charge is -2.15. The van der Waals surface area contributed by atoms with Crippen LogP contribution in [0, 0.1) is 0 Å². The molecule has 0 spiro atoms. The van der Waals surface area contributed by atoms with Crippen LogP contribution in [0.15, 0.2) is 24.3 Å². The highest BCUT2D eigenvalue weighted by Gasteiger charge is 2.17. The molecule has 2 rings (SSSR count). The van der Waals surface area contributed by atoms with Gasteiger partial charge in [-0.25, -0.2) is 4.79 Å². The van der Waals surface area contributed by atoms with Gasteiger partial charge in [-0.05, 0) is 36.1 Å².